The first-order valence-electron chi connectivity index (χ1n) is 14.3. The minimum atomic E-state index is -4.14. The molecule has 0 heterocycles. The van der Waals surface area contributed by atoms with Crippen LogP contribution in [-0.2, 0) is 18.3 Å². The van der Waals surface area contributed by atoms with Gasteiger partial charge in [0.05, 0.1) is 0 Å². The Hall–Kier alpha value is -1.68. The van der Waals surface area contributed by atoms with Crippen molar-refractivity contribution in [3.8, 4) is 0 Å². The molecule has 0 unspecified atom stereocenters. The number of benzene rings is 2. The van der Waals surface area contributed by atoms with E-state index in [1.165, 1.54) is 48.1 Å². The van der Waals surface area contributed by atoms with E-state index in [-0.39, 0.29) is 5.41 Å². The van der Waals surface area contributed by atoms with Gasteiger partial charge in [0.2, 0.25) is 0 Å². The molecule has 4 rings (SSSR count). The van der Waals surface area contributed by atoms with Gasteiger partial charge >= 0.3 is 220 Å². The van der Waals surface area contributed by atoms with Crippen LogP contribution >= 0.6 is 0 Å². The quantitative estimate of drug-likeness (QED) is 0.383. The van der Waals surface area contributed by atoms with Crippen molar-refractivity contribution >= 4 is 22.9 Å². The Labute approximate surface area is 219 Å². The molecule has 0 aliphatic heterocycles. The molecular weight excluding hydrogens is 490 g/mol. The van der Waals surface area contributed by atoms with Crippen LogP contribution in [0.3, 0.4) is 0 Å². The summed E-state index contributed by atoms with van der Waals surface area (Å²) in [7, 11) is 0. The van der Waals surface area contributed by atoms with Gasteiger partial charge in [-0.1, -0.05) is 0 Å². The van der Waals surface area contributed by atoms with E-state index < -0.39 is 20.2 Å². The molecule has 0 spiro atoms. The molecule has 0 saturated heterocycles. The van der Waals surface area contributed by atoms with Gasteiger partial charge in [-0.2, -0.15) is 0 Å². The Bertz CT molecular complexity index is 1060. The number of carbonyl (C=O) groups excluding carboxylic acids is 1. The number of hydrogen-bond acceptors (Lipinski definition) is 1. The Morgan fingerprint density at radius 2 is 1.22 bits per heavy atom. The zero-order valence-corrected chi connectivity index (χ0v) is 25.8. The van der Waals surface area contributed by atoms with Gasteiger partial charge in [-0.25, -0.2) is 0 Å². The molecule has 4 heteroatoms. The fraction of sp³-hybridized carbons (Fsp3) is 0.469. The summed E-state index contributed by atoms with van der Waals surface area (Å²) in [6.45, 7) is -1.78. The van der Waals surface area contributed by atoms with E-state index in [9.17, 15) is 4.79 Å². The van der Waals surface area contributed by atoms with E-state index >= 15 is 0 Å². The molecule has 0 atom stereocenters. The third kappa shape index (κ3) is 6.06. The number of amides is 1. The third-order valence-corrected chi connectivity index (χ3v) is 31.5. The van der Waals surface area contributed by atoms with Crippen LogP contribution in [0.2, 0.25) is 20.9 Å². The zero-order chi connectivity index (χ0) is 25.8. The monoisotopic (exact) mass is 537 g/mol. The fourth-order valence-electron chi connectivity index (χ4n) is 7.05. The third-order valence-electron chi connectivity index (χ3n) is 8.78. The van der Waals surface area contributed by atoms with Crippen LogP contribution in [0.5, 0.6) is 0 Å². The SMILES string of the molecule is [CH3][Ti]([CH3])([CH3])([CH3])([NH]C(=O)C1(C2=CC=CC2)CCCCCCCCC1)[SiH](c1ccccc1)c1ccccc1. The average Bonchev–Trinajstić information content (AvgIpc) is 3.38. The van der Waals surface area contributed by atoms with Gasteiger partial charge in [-0.05, 0) is 0 Å². The Kier molecular flexibility index (Phi) is 7.78. The van der Waals surface area contributed by atoms with Crippen LogP contribution in [0.15, 0.2) is 84.5 Å². The van der Waals surface area contributed by atoms with Gasteiger partial charge in [-0.15, -0.1) is 0 Å². The first kappa shape index (κ1) is 27.4. The summed E-state index contributed by atoms with van der Waals surface area (Å²) in [5, 5.41) is 12.8. The molecule has 194 valence electrons. The van der Waals surface area contributed by atoms with Crippen LogP contribution < -0.4 is 14.2 Å². The molecule has 1 fully saturated rings. The van der Waals surface area contributed by atoms with Crippen molar-refractivity contribution in [3.05, 3.63) is 84.5 Å². The van der Waals surface area contributed by atoms with Crippen LogP contribution in [0.4, 0.5) is 0 Å². The topological polar surface area (TPSA) is 29.1 Å². The van der Waals surface area contributed by atoms with E-state index in [2.05, 4.69) is 104 Å². The van der Waals surface area contributed by atoms with E-state index in [1.807, 2.05) is 0 Å². The number of carbonyl (C=O) groups is 1. The molecule has 2 nitrogen and oxygen atoms in total. The molecule has 2 aliphatic rings. The van der Waals surface area contributed by atoms with Crippen LogP contribution in [0.1, 0.15) is 64.2 Å². The van der Waals surface area contributed by atoms with E-state index in [4.69, 9.17) is 0 Å². The predicted molar refractivity (Wildman–Crippen MR) is 157 cm³/mol. The van der Waals surface area contributed by atoms with E-state index in [0.29, 0.717) is 5.91 Å². The Morgan fingerprint density at radius 3 is 1.67 bits per heavy atom. The molecule has 0 aromatic heterocycles. The minimum absolute atomic E-state index is 0.322. The first-order valence-corrected chi connectivity index (χ1v) is 25.8. The molecule has 0 radical (unpaired) electrons. The number of hydrogen-bond donors (Lipinski definition) is 1. The second kappa shape index (κ2) is 10.2. The van der Waals surface area contributed by atoms with Crippen LogP contribution in [0.25, 0.3) is 0 Å². The molecule has 2 aromatic rings. The zero-order valence-electron chi connectivity index (χ0n) is 23.1. The Morgan fingerprint density at radius 1 is 0.750 bits per heavy atom. The second-order valence-electron chi connectivity index (χ2n) is 14.4. The van der Waals surface area contributed by atoms with Crippen molar-refractivity contribution in [2.24, 2.45) is 5.41 Å². The van der Waals surface area contributed by atoms with Gasteiger partial charge in [0, 0.05) is 0 Å². The maximum atomic E-state index is 14.9. The summed E-state index contributed by atoms with van der Waals surface area (Å²) in [4.78, 5) is 14.9. The summed E-state index contributed by atoms with van der Waals surface area (Å²) in [6, 6.07) is 22.1. The molecule has 1 saturated carbocycles. The van der Waals surface area contributed by atoms with Crippen LogP contribution in [0, 0.1) is 5.41 Å². The van der Waals surface area contributed by atoms with Crippen molar-refractivity contribution in [2.45, 2.75) is 85.1 Å². The number of rotatable bonds is 6. The summed E-state index contributed by atoms with van der Waals surface area (Å²) in [5.41, 5.74) is 0.977. The molecule has 1 N–H and O–H groups in total. The molecule has 2 aliphatic carbocycles. The maximum absolute atomic E-state index is 14.9. The normalized spacial score (nSPS) is 20.8. The standard InChI is InChI=1S/C16H25NO.C12H11Si.4CH3.Ti/c17-15(18)16(14-10-6-7-11-14)12-8-4-2-1-3-5-9-13-16;1-3-7-11(8-4-1)13-12-9-5-2-6-10-12;;;;;/h6-7,10H,1-5,8-9,11-13H2,(H2,17,18);1-10,13H;4*1H3;/q;;;;;;+1/p-1. The van der Waals surface area contributed by atoms with Gasteiger partial charge < -0.3 is 0 Å². The van der Waals surface area contributed by atoms with Crippen molar-refractivity contribution in [1.29, 1.82) is 0 Å². The Balaban J connectivity index is 1.78. The van der Waals surface area contributed by atoms with Crippen LogP contribution in [-0.4, -0.2) is 12.6 Å². The fourth-order valence-corrected chi connectivity index (χ4v) is 30.9. The van der Waals surface area contributed by atoms with Crippen molar-refractivity contribution < 1.29 is 18.3 Å². The summed E-state index contributed by atoms with van der Waals surface area (Å²) < 4.78 is 4.02. The molecule has 0 bridgehead atoms. The summed E-state index contributed by atoms with van der Waals surface area (Å²) in [5.74, 6) is 0.322. The average molecular weight is 538 g/mol. The molecule has 36 heavy (non-hydrogen) atoms. The number of allylic oxidation sites excluding steroid dienone is 3. The second-order valence-corrected chi connectivity index (χ2v) is 46.9. The summed E-state index contributed by atoms with van der Waals surface area (Å²) >= 11 is -4.14. The summed E-state index contributed by atoms with van der Waals surface area (Å²) in [6.07, 6.45) is 18.3. The van der Waals surface area contributed by atoms with E-state index in [1.54, 1.807) is 0 Å². The van der Waals surface area contributed by atoms with E-state index in [0.717, 1.165) is 32.1 Å². The molecule has 1 amide bonds. The first-order chi connectivity index (χ1) is 17.0. The van der Waals surface area contributed by atoms with Crippen molar-refractivity contribution in [3.63, 3.8) is 0 Å². The van der Waals surface area contributed by atoms with Gasteiger partial charge in [0.15, 0.2) is 0 Å². The molecule has 2 aromatic carbocycles. The predicted octanol–water partition coefficient (Wildman–Crippen LogP) is 7.37. The van der Waals surface area contributed by atoms with Crippen molar-refractivity contribution in [2.75, 3.05) is 0 Å². The number of nitrogens with one attached hydrogen (secondary N) is 1. The van der Waals surface area contributed by atoms with Gasteiger partial charge in [0.1, 0.15) is 0 Å². The van der Waals surface area contributed by atoms with Gasteiger partial charge in [-0.3, -0.25) is 0 Å². The molecular formula is C32H47NOSiTi. The van der Waals surface area contributed by atoms with Crippen molar-refractivity contribution in [1.82, 2.24) is 3.80 Å². The van der Waals surface area contributed by atoms with Gasteiger partial charge in [0.25, 0.3) is 0 Å².